The first-order chi connectivity index (χ1) is 11.1. The van der Waals surface area contributed by atoms with Crippen molar-refractivity contribution in [1.29, 1.82) is 0 Å². The fraction of sp³-hybridized carbons (Fsp3) is 0.294. The van der Waals surface area contributed by atoms with E-state index in [0.717, 1.165) is 25.1 Å². The van der Waals surface area contributed by atoms with Crippen LogP contribution >= 0.6 is 0 Å². The van der Waals surface area contributed by atoms with Gasteiger partial charge in [-0.1, -0.05) is 37.3 Å². The highest BCUT2D eigenvalue weighted by Crippen LogP contribution is 2.17. The monoisotopic (exact) mass is 312 g/mol. The number of fused-ring (bicyclic) bond motifs is 1. The first-order valence-corrected chi connectivity index (χ1v) is 7.87. The third kappa shape index (κ3) is 3.43. The summed E-state index contributed by atoms with van der Waals surface area (Å²) in [4.78, 5) is 21.7. The van der Waals surface area contributed by atoms with Crippen LogP contribution < -0.4 is 16.6 Å². The maximum atomic E-state index is 12.0. The van der Waals surface area contributed by atoms with E-state index in [1.807, 2.05) is 12.3 Å². The van der Waals surface area contributed by atoms with Gasteiger partial charge in [-0.05, 0) is 11.5 Å². The van der Waals surface area contributed by atoms with Gasteiger partial charge < -0.3 is 16.0 Å². The zero-order valence-corrected chi connectivity index (χ0v) is 13.2. The molecule has 6 N–H and O–H groups in total. The topological polar surface area (TPSA) is 104 Å². The molecule has 0 aliphatic heterocycles. The van der Waals surface area contributed by atoms with E-state index >= 15 is 0 Å². The molecule has 0 aliphatic carbocycles. The van der Waals surface area contributed by atoms with Gasteiger partial charge in [0.2, 0.25) is 5.95 Å². The molecule has 0 spiro atoms. The summed E-state index contributed by atoms with van der Waals surface area (Å²) in [5.41, 5.74) is 8.24. The van der Waals surface area contributed by atoms with Gasteiger partial charge in [-0.15, -0.1) is 0 Å². The summed E-state index contributed by atoms with van der Waals surface area (Å²) in [6.07, 6.45) is 2.93. The number of benzene rings is 1. The largest absolute Gasteiger partial charge is 0.369 e. The van der Waals surface area contributed by atoms with Gasteiger partial charge in [0.05, 0.1) is 11.9 Å². The Bertz CT molecular complexity index is 837. The SMILES string of the molecule is C[C@@H](CC[NH2+]Cc1c[nH]c2nc(N)[nH]c(=O)c12)c1ccccc1. The van der Waals surface area contributed by atoms with Crippen molar-refractivity contribution in [3.63, 3.8) is 0 Å². The maximum absolute atomic E-state index is 12.0. The fourth-order valence-electron chi connectivity index (χ4n) is 2.86. The van der Waals surface area contributed by atoms with Crippen LogP contribution in [0.1, 0.15) is 30.4 Å². The highest BCUT2D eigenvalue weighted by atomic mass is 16.1. The second-order valence-corrected chi connectivity index (χ2v) is 5.87. The summed E-state index contributed by atoms with van der Waals surface area (Å²) in [5.74, 6) is 0.664. The molecule has 0 fully saturated rings. The number of H-pyrrole nitrogens is 2. The van der Waals surface area contributed by atoms with Crippen molar-refractivity contribution in [3.05, 3.63) is 58.0 Å². The lowest BCUT2D eigenvalue weighted by atomic mass is 9.98. The Morgan fingerprint density at radius 3 is 2.87 bits per heavy atom. The van der Waals surface area contributed by atoms with Crippen molar-refractivity contribution in [2.75, 3.05) is 12.3 Å². The number of nitrogen functional groups attached to an aromatic ring is 1. The van der Waals surface area contributed by atoms with Crippen molar-refractivity contribution in [1.82, 2.24) is 15.0 Å². The molecular formula is C17H22N5O+. The Morgan fingerprint density at radius 2 is 2.09 bits per heavy atom. The minimum Gasteiger partial charge on any atom is -0.369 e. The van der Waals surface area contributed by atoms with Gasteiger partial charge in [-0.2, -0.15) is 4.98 Å². The zero-order chi connectivity index (χ0) is 16.2. The molecule has 3 rings (SSSR count). The average molecular weight is 312 g/mol. The number of nitrogens with zero attached hydrogens (tertiary/aromatic N) is 1. The van der Waals surface area contributed by atoms with Crippen molar-refractivity contribution in [2.45, 2.75) is 25.8 Å². The number of hydrogen-bond acceptors (Lipinski definition) is 3. The molecule has 2 heterocycles. The molecular weight excluding hydrogens is 290 g/mol. The Balaban J connectivity index is 1.58. The molecule has 0 amide bonds. The van der Waals surface area contributed by atoms with E-state index < -0.39 is 0 Å². The first-order valence-electron chi connectivity index (χ1n) is 7.87. The lowest BCUT2D eigenvalue weighted by Gasteiger charge is -2.10. The smallest absolute Gasteiger partial charge is 0.262 e. The van der Waals surface area contributed by atoms with Crippen LogP contribution in [-0.4, -0.2) is 21.5 Å². The van der Waals surface area contributed by atoms with Gasteiger partial charge in [0.25, 0.3) is 5.56 Å². The number of aromatic nitrogens is 3. The molecule has 6 nitrogen and oxygen atoms in total. The molecule has 2 aromatic heterocycles. The van der Waals surface area contributed by atoms with Crippen molar-refractivity contribution in [3.8, 4) is 0 Å². The van der Waals surface area contributed by atoms with Crippen LogP contribution in [0.15, 0.2) is 41.3 Å². The quantitative estimate of drug-likeness (QED) is 0.512. The van der Waals surface area contributed by atoms with Crippen LogP contribution in [0.5, 0.6) is 0 Å². The predicted octanol–water partition coefficient (Wildman–Crippen LogP) is 1.09. The molecule has 1 atom stereocenters. The van der Waals surface area contributed by atoms with E-state index in [0.29, 0.717) is 17.0 Å². The number of rotatable bonds is 6. The van der Waals surface area contributed by atoms with E-state index in [4.69, 9.17) is 5.73 Å². The summed E-state index contributed by atoms with van der Waals surface area (Å²) in [6, 6.07) is 10.5. The summed E-state index contributed by atoms with van der Waals surface area (Å²) < 4.78 is 0. The van der Waals surface area contributed by atoms with Crippen LogP contribution in [0.25, 0.3) is 11.0 Å². The van der Waals surface area contributed by atoms with Gasteiger partial charge in [0, 0.05) is 18.2 Å². The number of aromatic amines is 2. The van der Waals surface area contributed by atoms with Gasteiger partial charge in [0.1, 0.15) is 12.2 Å². The molecule has 3 aromatic rings. The fourth-order valence-corrected chi connectivity index (χ4v) is 2.86. The van der Waals surface area contributed by atoms with Crippen molar-refractivity contribution >= 4 is 17.0 Å². The zero-order valence-electron chi connectivity index (χ0n) is 13.2. The number of anilines is 1. The Hall–Kier alpha value is -2.60. The second kappa shape index (κ2) is 6.66. The second-order valence-electron chi connectivity index (χ2n) is 5.87. The number of nitrogens with one attached hydrogen (secondary N) is 2. The minimum absolute atomic E-state index is 0.136. The standard InChI is InChI=1S/C17H21N5O/c1-11(12-5-3-2-4-6-12)7-8-19-9-13-10-20-15-14(13)16(23)22-17(18)21-15/h2-6,10-11,19H,7-9H2,1H3,(H4,18,20,21,22,23)/p+1/t11-/m0/s1. The third-order valence-corrected chi connectivity index (χ3v) is 4.18. The third-order valence-electron chi connectivity index (χ3n) is 4.18. The Labute approximate surface area is 134 Å². The van der Waals surface area contributed by atoms with Crippen LogP contribution in [0, 0.1) is 0 Å². The van der Waals surface area contributed by atoms with E-state index in [2.05, 4.69) is 51.5 Å². The maximum Gasteiger partial charge on any atom is 0.262 e. The Morgan fingerprint density at radius 1 is 1.30 bits per heavy atom. The van der Waals surface area contributed by atoms with Crippen LogP contribution in [0.3, 0.4) is 0 Å². The van der Waals surface area contributed by atoms with Crippen LogP contribution in [-0.2, 0) is 6.54 Å². The summed E-state index contributed by atoms with van der Waals surface area (Å²) in [5, 5.41) is 2.82. The number of quaternary nitrogens is 1. The van der Waals surface area contributed by atoms with Crippen molar-refractivity contribution < 1.29 is 5.32 Å². The molecule has 120 valence electrons. The van der Waals surface area contributed by atoms with E-state index in [-0.39, 0.29) is 11.5 Å². The molecule has 0 unspecified atom stereocenters. The molecule has 6 heteroatoms. The molecule has 0 aliphatic rings. The predicted molar refractivity (Wildman–Crippen MR) is 91.1 cm³/mol. The highest BCUT2D eigenvalue weighted by molar-refractivity contribution is 5.79. The summed E-state index contributed by atoms with van der Waals surface area (Å²) in [6.45, 7) is 3.99. The summed E-state index contributed by atoms with van der Waals surface area (Å²) in [7, 11) is 0. The molecule has 0 saturated carbocycles. The molecule has 1 aromatic carbocycles. The van der Waals surface area contributed by atoms with Crippen LogP contribution in [0.2, 0.25) is 0 Å². The Kier molecular flexibility index (Phi) is 4.43. The summed E-state index contributed by atoms with van der Waals surface area (Å²) >= 11 is 0. The van der Waals surface area contributed by atoms with Gasteiger partial charge in [0.15, 0.2) is 0 Å². The van der Waals surface area contributed by atoms with E-state index in [9.17, 15) is 4.79 Å². The normalized spacial score (nSPS) is 12.6. The van der Waals surface area contributed by atoms with Crippen LogP contribution in [0.4, 0.5) is 5.95 Å². The molecule has 0 bridgehead atoms. The average Bonchev–Trinajstić information content (AvgIpc) is 2.95. The van der Waals surface area contributed by atoms with Gasteiger partial charge in [-0.25, -0.2) is 0 Å². The molecule has 0 saturated heterocycles. The number of nitrogens with two attached hydrogens (primary N) is 2. The first kappa shape index (κ1) is 15.3. The van der Waals surface area contributed by atoms with E-state index in [1.54, 1.807) is 0 Å². The molecule has 23 heavy (non-hydrogen) atoms. The lowest BCUT2D eigenvalue weighted by Crippen LogP contribution is -2.82. The van der Waals surface area contributed by atoms with Gasteiger partial charge in [-0.3, -0.25) is 9.78 Å². The highest BCUT2D eigenvalue weighted by Gasteiger charge is 2.12. The lowest BCUT2D eigenvalue weighted by molar-refractivity contribution is -0.671. The minimum atomic E-state index is -0.185. The van der Waals surface area contributed by atoms with E-state index in [1.165, 1.54) is 5.56 Å². The number of hydrogen-bond donors (Lipinski definition) is 4. The van der Waals surface area contributed by atoms with Crippen molar-refractivity contribution in [2.24, 2.45) is 0 Å². The molecule has 0 radical (unpaired) electrons. The van der Waals surface area contributed by atoms with Gasteiger partial charge >= 0.3 is 0 Å².